The molecule has 0 N–H and O–H groups in total. The molecule has 0 amide bonds. The summed E-state index contributed by atoms with van der Waals surface area (Å²) in [6.07, 6.45) is 5.52. The second-order valence-corrected chi connectivity index (χ2v) is 4.38. The average Bonchev–Trinajstić information content (AvgIpc) is 2.38. The number of allylic oxidation sites excluding steroid dienone is 3. The van der Waals surface area contributed by atoms with Crippen LogP contribution in [0, 0.1) is 0 Å². The second-order valence-electron chi connectivity index (χ2n) is 4.38. The molecule has 0 spiro atoms. The molecule has 1 aromatic carbocycles. The van der Waals surface area contributed by atoms with Crippen molar-refractivity contribution in [3.05, 3.63) is 53.6 Å². The molecule has 1 rings (SSSR count). The van der Waals surface area contributed by atoms with Crippen LogP contribution in [0.2, 0.25) is 0 Å². The number of ether oxygens (including phenoxy) is 1. The zero-order valence-corrected chi connectivity index (χ0v) is 11.3. The van der Waals surface area contributed by atoms with Gasteiger partial charge in [-0.05, 0) is 37.8 Å². The van der Waals surface area contributed by atoms with Gasteiger partial charge in [0.15, 0.2) is 0 Å². The van der Waals surface area contributed by atoms with Gasteiger partial charge in [-0.25, -0.2) is 4.79 Å². The number of esters is 1. The highest BCUT2D eigenvalue weighted by molar-refractivity contribution is 5.91. The molecule has 96 valence electrons. The fourth-order valence-corrected chi connectivity index (χ4v) is 1.67. The summed E-state index contributed by atoms with van der Waals surface area (Å²) < 4.78 is 4.70. The molecular weight excluding hydrogens is 224 g/mol. The normalized spacial score (nSPS) is 10.9. The Morgan fingerprint density at radius 3 is 2.44 bits per heavy atom. The van der Waals surface area contributed by atoms with Crippen LogP contribution < -0.4 is 0 Å². The largest absolute Gasteiger partial charge is 0.466 e. The smallest absolute Gasteiger partial charge is 0.330 e. The summed E-state index contributed by atoms with van der Waals surface area (Å²) in [7, 11) is 1.40. The van der Waals surface area contributed by atoms with Crippen molar-refractivity contribution in [1.82, 2.24) is 0 Å². The molecule has 0 aliphatic rings. The van der Waals surface area contributed by atoms with Gasteiger partial charge in [-0.15, -0.1) is 0 Å². The standard InChI is InChI=1S/C16H20O2/c1-13(2)8-7-11-15(12-16(17)18-3)14-9-5-4-6-10-14/h4-6,8-10,12H,7,11H2,1-3H3. The number of benzene rings is 1. The van der Waals surface area contributed by atoms with Crippen LogP contribution in [0.15, 0.2) is 48.1 Å². The lowest BCUT2D eigenvalue weighted by Gasteiger charge is -2.06. The van der Waals surface area contributed by atoms with E-state index in [2.05, 4.69) is 19.9 Å². The van der Waals surface area contributed by atoms with Crippen LogP contribution in [-0.4, -0.2) is 13.1 Å². The monoisotopic (exact) mass is 244 g/mol. The number of carbonyl (C=O) groups is 1. The lowest BCUT2D eigenvalue weighted by Crippen LogP contribution is -1.97. The number of carbonyl (C=O) groups excluding carboxylic acids is 1. The van der Waals surface area contributed by atoms with Crippen molar-refractivity contribution >= 4 is 11.5 Å². The molecule has 0 aromatic heterocycles. The van der Waals surface area contributed by atoms with Gasteiger partial charge in [0.2, 0.25) is 0 Å². The van der Waals surface area contributed by atoms with E-state index in [9.17, 15) is 4.79 Å². The zero-order valence-electron chi connectivity index (χ0n) is 11.3. The average molecular weight is 244 g/mol. The summed E-state index contributed by atoms with van der Waals surface area (Å²) >= 11 is 0. The fraction of sp³-hybridized carbons (Fsp3) is 0.312. The van der Waals surface area contributed by atoms with Gasteiger partial charge in [0.1, 0.15) is 0 Å². The summed E-state index contributed by atoms with van der Waals surface area (Å²) in [5.74, 6) is -0.300. The SMILES string of the molecule is COC(=O)C=C(CCC=C(C)C)c1ccccc1. The van der Waals surface area contributed by atoms with Gasteiger partial charge in [-0.2, -0.15) is 0 Å². The first-order valence-corrected chi connectivity index (χ1v) is 6.11. The Kier molecular flexibility index (Phi) is 5.92. The van der Waals surface area contributed by atoms with Crippen molar-refractivity contribution in [3.8, 4) is 0 Å². The second kappa shape index (κ2) is 7.49. The number of hydrogen-bond acceptors (Lipinski definition) is 2. The summed E-state index contributed by atoms with van der Waals surface area (Å²) in [6, 6.07) is 9.94. The van der Waals surface area contributed by atoms with Gasteiger partial charge in [-0.3, -0.25) is 0 Å². The van der Waals surface area contributed by atoms with Crippen molar-refractivity contribution in [3.63, 3.8) is 0 Å². The van der Waals surface area contributed by atoms with Crippen LogP contribution in [0.1, 0.15) is 32.3 Å². The molecule has 0 radical (unpaired) electrons. The molecule has 2 heteroatoms. The molecule has 0 bridgehead atoms. The predicted octanol–water partition coefficient (Wildman–Crippen LogP) is 3.99. The Hall–Kier alpha value is -1.83. The number of rotatable bonds is 5. The fourth-order valence-electron chi connectivity index (χ4n) is 1.67. The molecule has 0 unspecified atom stereocenters. The Morgan fingerprint density at radius 1 is 1.22 bits per heavy atom. The quantitative estimate of drug-likeness (QED) is 0.445. The van der Waals surface area contributed by atoms with Crippen molar-refractivity contribution in [2.45, 2.75) is 26.7 Å². The Bertz CT molecular complexity index is 437. The van der Waals surface area contributed by atoms with E-state index in [0.29, 0.717) is 0 Å². The van der Waals surface area contributed by atoms with Gasteiger partial charge in [-0.1, -0.05) is 42.0 Å². The molecule has 0 aliphatic carbocycles. The van der Waals surface area contributed by atoms with Crippen LogP contribution in [0.5, 0.6) is 0 Å². The minimum Gasteiger partial charge on any atom is -0.466 e. The minimum absolute atomic E-state index is 0.300. The van der Waals surface area contributed by atoms with Gasteiger partial charge in [0, 0.05) is 6.08 Å². The Labute approximate surface area is 109 Å². The van der Waals surface area contributed by atoms with Gasteiger partial charge >= 0.3 is 5.97 Å². The molecule has 1 aromatic rings. The molecule has 0 atom stereocenters. The van der Waals surface area contributed by atoms with Crippen molar-refractivity contribution in [2.24, 2.45) is 0 Å². The number of methoxy groups -OCH3 is 1. The Morgan fingerprint density at radius 2 is 1.89 bits per heavy atom. The van der Waals surface area contributed by atoms with E-state index in [1.54, 1.807) is 6.08 Å². The third-order valence-electron chi connectivity index (χ3n) is 2.60. The van der Waals surface area contributed by atoms with Crippen LogP contribution in [0.4, 0.5) is 0 Å². The summed E-state index contributed by atoms with van der Waals surface area (Å²) in [5.41, 5.74) is 3.38. The van der Waals surface area contributed by atoms with Crippen LogP contribution in [0.3, 0.4) is 0 Å². The van der Waals surface area contributed by atoms with Gasteiger partial charge in [0.25, 0.3) is 0 Å². The van der Waals surface area contributed by atoms with E-state index in [4.69, 9.17) is 4.74 Å². The minimum atomic E-state index is -0.300. The van der Waals surface area contributed by atoms with Crippen molar-refractivity contribution < 1.29 is 9.53 Å². The third kappa shape index (κ3) is 5.00. The first-order chi connectivity index (χ1) is 8.63. The van der Waals surface area contributed by atoms with Crippen molar-refractivity contribution in [1.29, 1.82) is 0 Å². The lowest BCUT2D eigenvalue weighted by atomic mass is 10.00. The van der Waals surface area contributed by atoms with E-state index in [0.717, 1.165) is 24.0 Å². The van der Waals surface area contributed by atoms with Crippen LogP contribution in [0.25, 0.3) is 5.57 Å². The van der Waals surface area contributed by atoms with E-state index in [-0.39, 0.29) is 5.97 Å². The molecule has 0 saturated heterocycles. The first-order valence-electron chi connectivity index (χ1n) is 6.11. The summed E-state index contributed by atoms with van der Waals surface area (Å²) in [4.78, 5) is 11.4. The highest BCUT2D eigenvalue weighted by Gasteiger charge is 2.04. The Balaban J connectivity index is 2.86. The van der Waals surface area contributed by atoms with Gasteiger partial charge < -0.3 is 4.74 Å². The molecule has 0 heterocycles. The van der Waals surface area contributed by atoms with E-state index in [1.165, 1.54) is 12.7 Å². The zero-order chi connectivity index (χ0) is 13.4. The van der Waals surface area contributed by atoms with Crippen LogP contribution in [-0.2, 0) is 9.53 Å². The molecule has 2 nitrogen and oxygen atoms in total. The maximum Gasteiger partial charge on any atom is 0.330 e. The van der Waals surface area contributed by atoms with E-state index < -0.39 is 0 Å². The highest BCUT2D eigenvalue weighted by atomic mass is 16.5. The molecule has 0 aliphatic heterocycles. The number of hydrogen-bond donors (Lipinski definition) is 0. The van der Waals surface area contributed by atoms with E-state index in [1.807, 2.05) is 30.3 Å². The van der Waals surface area contributed by atoms with Crippen LogP contribution >= 0.6 is 0 Å². The summed E-state index contributed by atoms with van der Waals surface area (Å²) in [6.45, 7) is 4.15. The molecule has 0 saturated carbocycles. The topological polar surface area (TPSA) is 26.3 Å². The maximum atomic E-state index is 11.4. The third-order valence-corrected chi connectivity index (χ3v) is 2.60. The maximum absolute atomic E-state index is 11.4. The van der Waals surface area contributed by atoms with Gasteiger partial charge in [0.05, 0.1) is 7.11 Å². The van der Waals surface area contributed by atoms with Crippen molar-refractivity contribution in [2.75, 3.05) is 7.11 Å². The lowest BCUT2D eigenvalue weighted by molar-refractivity contribution is -0.134. The highest BCUT2D eigenvalue weighted by Crippen LogP contribution is 2.20. The molecule has 0 fully saturated rings. The molecular formula is C16H20O2. The van der Waals surface area contributed by atoms with E-state index >= 15 is 0 Å². The first kappa shape index (κ1) is 14.2. The molecule has 18 heavy (non-hydrogen) atoms. The summed E-state index contributed by atoms with van der Waals surface area (Å²) in [5, 5.41) is 0. The predicted molar refractivity (Wildman–Crippen MR) is 75.1 cm³/mol.